The van der Waals surface area contributed by atoms with Gasteiger partial charge in [0.1, 0.15) is 0 Å². The summed E-state index contributed by atoms with van der Waals surface area (Å²) >= 11 is 1.93. The van der Waals surface area contributed by atoms with Crippen LogP contribution in [0.15, 0.2) is 12.4 Å². The molecule has 2 atom stereocenters. The van der Waals surface area contributed by atoms with E-state index >= 15 is 0 Å². The number of nitrogens with zero attached hydrogens (tertiary/aromatic N) is 3. The summed E-state index contributed by atoms with van der Waals surface area (Å²) < 4.78 is 1.98. The molecular formula is C15H24N4OS. The zero-order valence-corrected chi connectivity index (χ0v) is 13.6. The van der Waals surface area contributed by atoms with Gasteiger partial charge in [-0.15, -0.1) is 0 Å². The lowest BCUT2D eigenvalue weighted by atomic mass is 10.2. The van der Waals surface area contributed by atoms with E-state index in [1.165, 1.54) is 12.8 Å². The van der Waals surface area contributed by atoms with E-state index in [1.807, 2.05) is 27.5 Å². The number of hydrogen-bond donors (Lipinski definition) is 1. The summed E-state index contributed by atoms with van der Waals surface area (Å²) in [6, 6.07) is 0.744. The number of nitrogens with one attached hydrogen (secondary N) is 1. The standard InChI is InChI=1S/C15H24N4OS/c1-11-5-7-21-8-6-18(11)15(20)17-14-9-16-19(10-14)12(2)13-3-4-13/h9-13H,3-8H2,1-2H3,(H,17,20)/t11-,12+/m0/s1. The van der Waals surface area contributed by atoms with Gasteiger partial charge in [-0.1, -0.05) is 0 Å². The molecule has 2 heterocycles. The molecule has 2 aliphatic rings. The van der Waals surface area contributed by atoms with Crippen LogP contribution >= 0.6 is 11.8 Å². The van der Waals surface area contributed by atoms with E-state index < -0.39 is 0 Å². The fourth-order valence-corrected chi connectivity index (χ4v) is 3.85. The number of rotatable bonds is 3. The number of hydrogen-bond acceptors (Lipinski definition) is 3. The van der Waals surface area contributed by atoms with Crippen LogP contribution in [-0.4, -0.2) is 44.8 Å². The van der Waals surface area contributed by atoms with Crippen LogP contribution in [0.25, 0.3) is 0 Å². The molecule has 0 aromatic carbocycles. The number of anilines is 1. The van der Waals surface area contributed by atoms with Crippen LogP contribution in [0, 0.1) is 5.92 Å². The SMILES string of the molecule is C[C@H](C1CC1)n1cc(NC(=O)N2CCSCC[C@@H]2C)cn1. The molecule has 116 valence electrons. The van der Waals surface area contributed by atoms with Gasteiger partial charge in [0, 0.05) is 24.5 Å². The molecule has 0 bridgehead atoms. The second-order valence-electron chi connectivity index (χ2n) is 6.16. The summed E-state index contributed by atoms with van der Waals surface area (Å²) in [5.74, 6) is 2.92. The van der Waals surface area contributed by atoms with Gasteiger partial charge in [0.25, 0.3) is 0 Å². The van der Waals surface area contributed by atoms with E-state index in [0.29, 0.717) is 12.1 Å². The number of amides is 2. The minimum Gasteiger partial charge on any atom is -0.321 e. The zero-order chi connectivity index (χ0) is 14.8. The van der Waals surface area contributed by atoms with Crippen LogP contribution in [0.1, 0.15) is 39.2 Å². The van der Waals surface area contributed by atoms with Crippen molar-refractivity contribution in [2.75, 3.05) is 23.4 Å². The molecule has 1 aliphatic heterocycles. The van der Waals surface area contributed by atoms with Gasteiger partial charge in [-0.3, -0.25) is 4.68 Å². The quantitative estimate of drug-likeness (QED) is 0.933. The first-order valence-electron chi connectivity index (χ1n) is 7.84. The lowest BCUT2D eigenvalue weighted by molar-refractivity contribution is 0.197. The van der Waals surface area contributed by atoms with Crippen molar-refractivity contribution in [2.45, 2.75) is 45.2 Å². The molecule has 2 fully saturated rings. The Labute approximate surface area is 130 Å². The number of carbonyl (C=O) groups excluding carboxylic acids is 1. The third-order valence-corrected chi connectivity index (χ3v) is 5.52. The Morgan fingerprint density at radius 3 is 3.00 bits per heavy atom. The Kier molecular flexibility index (Phi) is 4.42. The maximum absolute atomic E-state index is 12.4. The van der Waals surface area contributed by atoms with E-state index in [-0.39, 0.29) is 6.03 Å². The highest BCUT2D eigenvalue weighted by Crippen LogP contribution is 2.39. The van der Waals surface area contributed by atoms with Crippen LogP contribution in [0.5, 0.6) is 0 Å². The molecule has 0 unspecified atom stereocenters. The monoisotopic (exact) mass is 308 g/mol. The van der Waals surface area contributed by atoms with E-state index in [9.17, 15) is 4.79 Å². The second kappa shape index (κ2) is 6.30. The Balaban J connectivity index is 1.61. The van der Waals surface area contributed by atoms with Crippen molar-refractivity contribution in [3.8, 4) is 0 Å². The average Bonchev–Trinajstić information content (AvgIpc) is 3.24. The summed E-state index contributed by atoms with van der Waals surface area (Å²) in [6.07, 6.45) is 7.37. The summed E-state index contributed by atoms with van der Waals surface area (Å²) in [7, 11) is 0. The summed E-state index contributed by atoms with van der Waals surface area (Å²) in [5, 5.41) is 7.39. The molecule has 3 rings (SSSR count). The van der Waals surface area contributed by atoms with Gasteiger partial charge in [-0.05, 0) is 44.8 Å². The Morgan fingerprint density at radius 2 is 2.24 bits per heavy atom. The van der Waals surface area contributed by atoms with Crippen molar-refractivity contribution in [2.24, 2.45) is 5.92 Å². The first kappa shape index (κ1) is 14.8. The molecule has 1 aromatic heterocycles. The van der Waals surface area contributed by atoms with Gasteiger partial charge in [-0.2, -0.15) is 16.9 Å². The molecule has 2 amide bonds. The summed E-state index contributed by atoms with van der Waals surface area (Å²) in [6.45, 7) is 5.15. The molecule has 5 nitrogen and oxygen atoms in total. The molecule has 6 heteroatoms. The molecule has 1 aromatic rings. The van der Waals surface area contributed by atoms with Crippen molar-refractivity contribution in [1.29, 1.82) is 0 Å². The zero-order valence-electron chi connectivity index (χ0n) is 12.8. The van der Waals surface area contributed by atoms with Crippen molar-refractivity contribution in [3.05, 3.63) is 12.4 Å². The van der Waals surface area contributed by atoms with E-state index in [0.717, 1.165) is 36.1 Å². The molecule has 1 saturated carbocycles. The molecular weight excluding hydrogens is 284 g/mol. The number of thioether (sulfide) groups is 1. The van der Waals surface area contributed by atoms with Crippen LogP contribution in [-0.2, 0) is 0 Å². The van der Waals surface area contributed by atoms with Gasteiger partial charge in [0.2, 0.25) is 0 Å². The minimum atomic E-state index is 0.00336. The predicted molar refractivity (Wildman–Crippen MR) is 86.8 cm³/mol. The highest BCUT2D eigenvalue weighted by Gasteiger charge is 2.30. The Bertz CT molecular complexity index is 500. The smallest absolute Gasteiger partial charge is 0.321 e. The van der Waals surface area contributed by atoms with Crippen LogP contribution in [0.4, 0.5) is 10.5 Å². The van der Waals surface area contributed by atoms with Crippen molar-refractivity contribution >= 4 is 23.5 Å². The first-order chi connectivity index (χ1) is 10.1. The average molecular weight is 308 g/mol. The van der Waals surface area contributed by atoms with Crippen molar-refractivity contribution in [3.63, 3.8) is 0 Å². The maximum Gasteiger partial charge on any atom is 0.322 e. The van der Waals surface area contributed by atoms with Crippen LogP contribution in [0.2, 0.25) is 0 Å². The molecule has 21 heavy (non-hydrogen) atoms. The largest absolute Gasteiger partial charge is 0.322 e. The summed E-state index contributed by atoms with van der Waals surface area (Å²) in [5.41, 5.74) is 0.802. The van der Waals surface area contributed by atoms with Gasteiger partial charge >= 0.3 is 6.03 Å². The Hall–Kier alpha value is -1.17. The molecule has 0 spiro atoms. The highest BCUT2D eigenvalue weighted by atomic mass is 32.2. The van der Waals surface area contributed by atoms with E-state index in [1.54, 1.807) is 6.20 Å². The van der Waals surface area contributed by atoms with Gasteiger partial charge in [-0.25, -0.2) is 4.79 Å². The number of carbonyl (C=O) groups is 1. The van der Waals surface area contributed by atoms with Gasteiger partial charge in [0.15, 0.2) is 0 Å². The first-order valence-corrected chi connectivity index (χ1v) is 9.00. The maximum atomic E-state index is 12.4. The van der Waals surface area contributed by atoms with Gasteiger partial charge < -0.3 is 10.2 Å². The normalized spacial score (nSPS) is 24.5. The number of urea groups is 1. The van der Waals surface area contributed by atoms with Crippen LogP contribution < -0.4 is 5.32 Å². The fraction of sp³-hybridized carbons (Fsp3) is 0.733. The van der Waals surface area contributed by atoms with Gasteiger partial charge in [0.05, 0.1) is 17.9 Å². The lowest BCUT2D eigenvalue weighted by Gasteiger charge is -2.26. The Morgan fingerprint density at radius 1 is 1.43 bits per heavy atom. The second-order valence-corrected chi connectivity index (χ2v) is 7.39. The van der Waals surface area contributed by atoms with Crippen LogP contribution in [0.3, 0.4) is 0 Å². The highest BCUT2D eigenvalue weighted by molar-refractivity contribution is 7.99. The molecule has 1 aliphatic carbocycles. The topological polar surface area (TPSA) is 50.2 Å². The molecule has 1 saturated heterocycles. The van der Waals surface area contributed by atoms with E-state index in [4.69, 9.17) is 0 Å². The predicted octanol–water partition coefficient (Wildman–Crippen LogP) is 3.21. The molecule has 1 N–H and O–H groups in total. The van der Waals surface area contributed by atoms with Crippen molar-refractivity contribution in [1.82, 2.24) is 14.7 Å². The third kappa shape index (κ3) is 3.54. The fourth-order valence-electron chi connectivity index (χ4n) is 2.81. The minimum absolute atomic E-state index is 0.00336. The lowest BCUT2D eigenvalue weighted by Crippen LogP contribution is -2.41. The van der Waals surface area contributed by atoms with E-state index in [2.05, 4.69) is 24.3 Å². The summed E-state index contributed by atoms with van der Waals surface area (Å²) in [4.78, 5) is 14.4. The third-order valence-electron chi connectivity index (χ3n) is 4.52. The molecule has 0 radical (unpaired) electrons. The van der Waals surface area contributed by atoms with Crippen molar-refractivity contribution < 1.29 is 4.79 Å². The number of aromatic nitrogens is 2.